The summed E-state index contributed by atoms with van der Waals surface area (Å²) in [6, 6.07) is 4.54. The second-order valence-electron chi connectivity index (χ2n) is 10.5. The van der Waals surface area contributed by atoms with Crippen LogP contribution in [0.4, 0.5) is 0 Å². The maximum absolute atomic E-state index is 6.56. The molecule has 0 aliphatic rings. The molecule has 0 atom stereocenters. The first-order valence-corrected chi connectivity index (χ1v) is 12.0. The van der Waals surface area contributed by atoms with Gasteiger partial charge in [-0.2, -0.15) is 0 Å². The molecule has 164 valence electrons. The quantitative estimate of drug-likeness (QED) is 0.410. The molecule has 0 fully saturated rings. The van der Waals surface area contributed by atoms with Crippen LogP contribution in [-0.2, 0) is 10.8 Å². The van der Waals surface area contributed by atoms with E-state index in [1.54, 1.807) is 0 Å². The molecule has 0 saturated carbocycles. The fourth-order valence-electron chi connectivity index (χ4n) is 4.02. The molecule has 4 heteroatoms. The number of hydrogen-bond donors (Lipinski definition) is 0. The number of fused-ring (bicyclic) bond motifs is 3. The highest BCUT2D eigenvalue weighted by atomic mass is 31.1. The fourth-order valence-corrected chi connectivity index (χ4v) is 5.05. The predicted octanol–water partition coefficient (Wildman–Crippen LogP) is 8.57. The Balaban J connectivity index is 2.80. The molecule has 0 radical (unpaired) electrons. The van der Waals surface area contributed by atoms with Gasteiger partial charge >= 0.3 is 8.24 Å². The Morgan fingerprint density at radius 1 is 0.733 bits per heavy atom. The molecule has 30 heavy (non-hydrogen) atoms. The van der Waals surface area contributed by atoms with E-state index in [9.17, 15) is 0 Å². The van der Waals surface area contributed by atoms with Crippen molar-refractivity contribution in [2.24, 2.45) is 0 Å². The van der Waals surface area contributed by atoms with Crippen molar-refractivity contribution in [2.45, 2.75) is 87.0 Å². The highest BCUT2D eigenvalue weighted by molar-refractivity contribution is 7.31. The molecule has 0 aliphatic carbocycles. The molecule has 0 saturated heterocycles. The number of hydrogen-bond acceptors (Lipinski definition) is 3. The Morgan fingerprint density at radius 2 is 1.10 bits per heavy atom. The summed E-state index contributed by atoms with van der Waals surface area (Å²) in [5, 5.41) is 2.32. The SMILES string of the molecule is CCOp1oc2c(C(C)(C)C)cc(C)c(C)c2c2c(C)c(C)cc(C(C)(C)C)c2o1. The highest BCUT2D eigenvalue weighted by Crippen LogP contribution is 2.45. The van der Waals surface area contributed by atoms with Gasteiger partial charge in [-0.3, -0.25) is 4.52 Å². The van der Waals surface area contributed by atoms with Crippen LogP contribution in [0.25, 0.3) is 21.9 Å². The Labute approximate surface area is 182 Å². The lowest BCUT2D eigenvalue weighted by Gasteiger charge is -2.23. The largest absolute Gasteiger partial charge is 0.399 e. The second-order valence-corrected chi connectivity index (χ2v) is 11.5. The summed E-state index contributed by atoms with van der Waals surface area (Å²) in [6.07, 6.45) is 0. The molecule has 0 bridgehead atoms. The van der Waals surface area contributed by atoms with E-state index in [-0.39, 0.29) is 10.8 Å². The summed E-state index contributed by atoms with van der Waals surface area (Å²) in [5.41, 5.74) is 9.12. The lowest BCUT2D eigenvalue weighted by molar-refractivity contribution is 0.392. The lowest BCUT2D eigenvalue weighted by atomic mass is 9.81. The van der Waals surface area contributed by atoms with Gasteiger partial charge in [0.2, 0.25) is 0 Å². The average molecular weight is 429 g/mol. The number of rotatable bonds is 2. The predicted molar refractivity (Wildman–Crippen MR) is 130 cm³/mol. The van der Waals surface area contributed by atoms with Crippen LogP contribution >= 0.6 is 8.24 Å². The van der Waals surface area contributed by atoms with Crippen molar-refractivity contribution in [1.29, 1.82) is 0 Å². The van der Waals surface area contributed by atoms with Gasteiger partial charge in [0, 0.05) is 21.9 Å². The van der Waals surface area contributed by atoms with E-state index in [0.717, 1.165) is 21.9 Å². The maximum atomic E-state index is 6.56. The van der Waals surface area contributed by atoms with E-state index >= 15 is 0 Å². The topological polar surface area (TPSA) is 35.5 Å². The van der Waals surface area contributed by atoms with Crippen LogP contribution in [-0.4, -0.2) is 6.61 Å². The average Bonchev–Trinajstić information content (AvgIpc) is 2.77. The van der Waals surface area contributed by atoms with E-state index in [2.05, 4.69) is 81.4 Å². The van der Waals surface area contributed by atoms with Gasteiger partial charge in [-0.1, -0.05) is 53.7 Å². The third-order valence-electron chi connectivity index (χ3n) is 6.03. The first-order chi connectivity index (χ1) is 13.8. The zero-order valence-corrected chi connectivity index (χ0v) is 21.4. The molecule has 0 spiro atoms. The molecule has 0 amide bonds. The van der Waals surface area contributed by atoms with E-state index in [4.69, 9.17) is 12.9 Å². The standard InChI is InChI=1S/C26H37O3P/c1-12-27-30-28-23-19(25(6,7)8)13-15(2)17(4)21(23)22-18(5)16(3)14-20(24(22)29-30)26(9,10)11/h13-14H,12H2,1-11H3. The van der Waals surface area contributed by atoms with E-state index in [1.165, 1.54) is 33.4 Å². The van der Waals surface area contributed by atoms with Gasteiger partial charge < -0.3 is 8.39 Å². The fraction of sp³-hybridized carbons (Fsp3) is 0.538. The van der Waals surface area contributed by atoms with E-state index in [0.29, 0.717) is 6.61 Å². The molecule has 3 nitrogen and oxygen atoms in total. The van der Waals surface area contributed by atoms with Gasteiger partial charge in [-0.15, -0.1) is 0 Å². The van der Waals surface area contributed by atoms with Crippen LogP contribution in [0.2, 0.25) is 0 Å². The minimum Gasteiger partial charge on any atom is -0.399 e. The van der Waals surface area contributed by atoms with E-state index < -0.39 is 8.24 Å². The van der Waals surface area contributed by atoms with Crippen LogP contribution in [0, 0.1) is 27.7 Å². The molecule has 0 aliphatic heterocycles. The highest BCUT2D eigenvalue weighted by Gasteiger charge is 2.27. The summed E-state index contributed by atoms with van der Waals surface area (Å²) >= 11 is 0. The summed E-state index contributed by atoms with van der Waals surface area (Å²) < 4.78 is 19.1. The normalized spacial score (nSPS) is 12.8. The molecule has 3 rings (SSSR count). The van der Waals surface area contributed by atoms with Crippen molar-refractivity contribution in [3.63, 3.8) is 0 Å². The first-order valence-electron chi connectivity index (χ1n) is 10.9. The van der Waals surface area contributed by atoms with Crippen LogP contribution in [0.1, 0.15) is 81.8 Å². The third kappa shape index (κ3) is 3.95. The number of aryl methyl sites for hydroxylation is 4. The van der Waals surface area contributed by atoms with Gasteiger partial charge in [-0.05, 0) is 67.7 Å². The van der Waals surface area contributed by atoms with Crippen molar-refractivity contribution in [2.75, 3.05) is 6.61 Å². The van der Waals surface area contributed by atoms with Crippen LogP contribution < -0.4 is 4.52 Å². The monoisotopic (exact) mass is 428 g/mol. The van der Waals surface area contributed by atoms with Gasteiger partial charge in [0.05, 0.1) is 6.61 Å². The Morgan fingerprint density at radius 3 is 1.40 bits per heavy atom. The van der Waals surface area contributed by atoms with Crippen LogP contribution in [0.5, 0.6) is 0 Å². The summed E-state index contributed by atoms with van der Waals surface area (Å²) in [7, 11) is -1.54. The minimum atomic E-state index is -1.54. The molecule has 3 aromatic rings. The Hall–Kier alpha value is -1.70. The molecule has 2 aromatic carbocycles. The minimum absolute atomic E-state index is 0.0646. The summed E-state index contributed by atoms with van der Waals surface area (Å²) in [4.78, 5) is 0. The summed E-state index contributed by atoms with van der Waals surface area (Å²) in [6.45, 7) is 24.7. The zero-order chi connectivity index (χ0) is 22.6. The van der Waals surface area contributed by atoms with Gasteiger partial charge in [0.15, 0.2) is 0 Å². The lowest BCUT2D eigenvalue weighted by Crippen LogP contribution is -2.13. The molecule has 0 unspecified atom stereocenters. The Bertz CT molecular complexity index is 1070. The number of benzene rings is 2. The third-order valence-corrected chi connectivity index (χ3v) is 7.16. The molecule has 1 heterocycles. The molecule has 0 N–H and O–H groups in total. The van der Waals surface area contributed by atoms with Crippen molar-refractivity contribution in [3.05, 3.63) is 45.5 Å². The molecule has 1 aromatic heterocycles. The van der Waals surface area contributed by atoms with Gasteiger partial charge in [-0.25, -0.2) is 0 Å². The van der Waals surface area contributed by atoms with E-state index in [1.807, 2.05) is 6.92 Å². The van der Waals surface area contributed by atoms with Crippen LogP contribution in [0.15, 0.2) is 20.5 Å². The molecular formula is C26H37O3P. The van der Waals surface area contributed by atoms with Gasteiger partial charge in [0.1, 0.15) is 11.2 Å². The van der Waals surface area contributed by atoms with Crippen LogP contribution in [0.3, 0.4) is 0 Å². The van der Waals surface area contributed by atoms with Crippen molar-refractivity contribution in [3.8, 4) is 0 Å². The Kier molecular flexibility index (Phi) is 5.95. The van der Waals surface area contributed by atoms with Crippen molar-refractivity contribution < 1.29 is 12.9 Å². The molecular weight excluding hydrogens is 391 g/mol. The van der Waals surface area contributed by atoms with Crippen molar-refractivity contribution >= 4 is 30.2 Å². The summed E-state index contributed by atoms with van der Waals surface area (Å²) in [5.74, 6) is 0. The first kappa shape index (κ1) is 23.0. The maximum Gasteiger partial charge on any atom is 0.387 e. The zero-order valence-electron chi connectivity index (χ0n) is 20.5. The van der Waals surface area contributed by atoms with Gasteiger partial charge in [0.25, 0.3) is 0 Å². The second kappa shape index (κ2) is 7.77. The van der Waals surface area contributed by atoms with Crippen molar-refractivity contribution in [1.82, 2.24) is 0 Å². The smallest absolute Gasteiger partial charge is 0.387 e.